The van der Waals surface area contributed by atoms with E-state index in [9.17, 15) is 9.90 Å². The van der Waals surface area contributed by atoms with Crippen molar-refractivity contribution >= 4 is 16.7 Å². The zero-order valence-electron chi connectivity index (χ0n) is 11.1. The molecule has 0 aromatic heterocycles. The third kappa shape index (κ3) is 3.26. The highest BCUT2D eigenvalue weighted by Gasteiger charge is 2.12. The van der Waals surface area contributed by atoms with Gasteiger partial charge < -0.3 is 20.9 Å². The number of aromatic hydroxyl groups is 1. The van der Waals surface area contributed by atoms with E-state index in [-0.39, 0.29) is 17.2 Å². The Morgan fingerprint density at radius 3 is 2.80 bits per heavy atom. The minimum atomic E-state index is -0.315. The van der Waals surface area contributed by atoms with Crippen LogP contribution in [0.1, 0.15) is 10.4 Å². The number of rotatable bonds is 6. The average molecular weight is 274 g/mol. The van der Waals surface area contributed by atoms with Crippen molar-refractivity contribution in [3.63, 3.8) is 0 Å². The van der Waals surface area contributed by atoms with Gasteiger partial charge in [0, 0.05) is 18.5 Å². The SMILES string of the molecule is NCCOCCNC(=O)c1ccc2ccccc2c1O. The molecule has 2 aromatic rings. The predicted octanol–water partition coefficient (Wildman–Crippen LogP) is 1.25. The fourth-order valence-corrected chi connectivity index (χ4v) is 1.96. The highest BCUT2D eigenvalue weighted by atomic mass is 16.5. The fourth-order valence-electron chi connectivity index (χ4n) is 1.96. The van der Waals surface area contributed by atoms with Crippen LogP contribution in [0.4, 0.5) is 0 Å². The van der Waals surface area contributed by atoms with Crippen molar-refractivity contribution < 1.29 is 14.6 Å². The van der Waals surface area contributed by atoms with E-state index in [1.54, 1.807) is 12.1 Å². The van der Waals surface area contributed by atoms with Crippen LogP contribution >= 0.6 is 0 Å². The Labute approximate surface area is 117 Å². The molecule has 0 unspecified atom stereocenters. The zero-order chi connectivity index (χ0) is 14.4. The van der Waals surface area contributed by atoms with Crippen LogP contribution in [0.25, 0.3) is 10.8 Å². The Hall–Kier alpha value is -2.11. The molecule has 0 radical (unpaired) electrons. The van der Waals surface area contributed by atoms with Gasteiger partial charge in [0.25, 0.3) is 5.91 Å². The minimum Gasteiger partial charge on any atom is -0.506 e. The molecule has 106 valence electrons. The summed E-state index contributed by atoms with van der Waals surface area (Å²) in [5.74, 6) is -0.312. The summed E-state index contributed by atoms with van der Waals surface area (Å²) in [6, 6.07) is 10.8. The molecule has 0 aliphatic heterocycles. The first-order valence-corrected chi connectivity index (χ1v) is 6.50. The number of hydrogen-bond acceptors (Lipinski definition) is 4. The van der Waals surface area contributed by atoms with Crippen LogP contribution in [0.5, 0.6) is 5.75 Å². The molecule has 0 aliphatic rings. The molecule has 1 amide bonds. The third-order valence-corrected chi connectivity index (χ3v) is 2.94. The largest absolute Gasteiger partial charge is 0.506 e. The molecule has 0 saturated carbocycles. The average Bonchev–Trinajstić information content (AvgIpc) is 2.47. The number of nitrogens with one attached hydrogen (secondary N) is 1. The first kappa shape index (κ1) is 14.3. The number of ether oxygens (including phenoxy) is 1. The van der Waals surface area contributed by atoms with E-state index >= 15 is 0 Å². The van der Waals surface area contributed by atoms with Crippen molar-refractivity contribution in [3.8, 4) is 5.75 Å². The normalized spacial score (nSPS) is 10.7. The summed E-state index contributed by atoms with van der Waals surface area (Å²) >= 11 is 0. The van der Waals surface area contributed by atoms with Crippen LogP contribution in [0.3, 0.4) is 0 Å². The van der Waals surface area contributed by atoms with Crippen LogP contribution in [-0.4, -0.2) is 37.3 Å². The summed E-state index contributed by atoms with van der Waals surface area (Å²) in [6.45, 7) is 1.71. The molecule has 0 atom stereocenters. The monoisotopic (exact) mass is 274 g/mol. The maximum absolute atomic E-state index is 12.0. The smallest absolute Gasteiger partial charge is 0.255 e. The maximum Gasteiger partial charge on any atom is 0.255 e. The van der Waals surface area contributed by atoms with Gasteiger partial charge in [-0.1, -0.05) is 30.3 Å². The molecule has 5 nitrogen and oxygen atoms in total. The summed E-state index contributed by atoms with van der Waals surface area (Å²) in [5, 5.41) is 14.4. The molecule has 4 N–H and O–H groups in total. The summed E-state index contributed by atoms with van der Waals surface area (Å²) in [4.78, 5) is 12.0. The lowest BCUT2D eigenvalue weighted by molar-refractivity contribution is 0.0917. The van der Waals surface area contributed by atoms with Crippen molar-refractivity contribution in [2.45, 2.75) is 0 Å². The number of carbonyl (C=O) groups is 1. The molecule has 20 heavy (non-hydrogen) atoms. The van der Waals surface area contributed by atoms with Crippen molar-refractivity contribution in [2.75, 3.05) is 26.3 Å². The molecule has 0 saturated heterocycles. The first-order chi connectivity index (χ1) is 9.74. The van der Waals surface area contributed by atoms with Gasteiger partial charge in [0.1, 0.15) is 5.75 Å². The first-order valence-electron chi connectivity index (χ1n) is 6.50. The second kappa shape index (κ2) is 6.88. The van der Waals surface area contributed by atoms with E-state index in [1.807, 2.05) is 24.3 Å². The van der Waals surface area contributed by atoms with Gasteiger partial charge in [0.15, 0.2) is 0 Å². The van der Waals surface area contributed by atoms with Gasteiger partial charge >= 0.3 is 0 Å². The van der Waals surface area contributed by atoms with Gasteiger partial charge in [-0.3, -0.25) is 4.79 Å². The lowest BCUT2D eigenvalue weighted by Gasteiger charge is -2.09. The maximum atomic E-state index is 12.0. The molecule has 0 aliphatic carbocycles. The van der Waals surface area contributed by atoms with Crippen molar-refractivity contribution in [3.05, 3.63) is 42.0 Å². The van der Waals surface area contributed by atoms with Crippen LogP contribution in [0.2, 0.25) is 0 Å². The number of phenolic OH excluding ortho intramolecular Hbond substituents is 1. The Bertz CT molecular complexity index is 599. The number of benzene rings is 2. The Morgan fingerprint density at radius 2 is 2.00 bits per heavy atom. The topological polar surface area (TPSA) is 84.6 Å². The van der Waals surface area contributed by atoms with Gasteiger partial charge in [0.05, 0.1) is 18.8 Å². The quantitative estimate of drug-likeness (QED) is 0.692. The van der Waals surface area contributed by atoms with Gasteiger partial charge in [0.2, 0.25) is 0 Å². The number of hydrogen-bond donors (Lipinski definition) is 3. The molecule has 0 bridgehead atoms. The Balaban J connectivity index is 2.05. The highest BCUT2D eigenvalue weighted by Crippen LogP contribution is 2.28. The second-order valence-corrected chi connectivity index (χ2v) is 4.34. The van der Waals surface area contributed by atoms with Crippen molar-refractivity contribution in [1.82, 2.24) is 5.32 Å². The second-order valence-electron chi connectivity index (χ2n) is 4.34. The predicted molar refractivity (Wildman–Crippen MR) is 77.8 cm³/mol. The van der Waals surface area contributed by atoms with E-state index in [1.165, 1.54) is 0 Å². The third-order valence-electron chi connectivity index (χ3n) is 2.94. The molecule has 0 heterocycles. The number of amides is 1. The Morgan fingerprint density at radius 1 is 1.20 bits per heavy atom. The molecular weight excluding hydrogens is 256 g/mol. The molecular formula is C15H18N2O3. The molecule has 5 heteroatoms. The van der Waals surface area contributed by atoms with Crippen molar-refractivity contribution in [1.29, 1.82) is 0 Å². The van der Waals surface area contributed by atoms with Crippen LogP contribution in [-0.2, 0) is 4.74 Å². The molecule has 2 rings (SSSR count). The van der Waals surface area contributed by atoms with Gasteiger partial charge in [-0.15, -0.1) is 0 Å². The number of carbonyl (C=O) groups excluding carboxylic acids is 1. The standard InChI is InChI=1S/C15H18N2O3/c16-7-9-20-10-8-17-15(19)13-6-5-11-3-1-2-4-12(11)14(13)18/h1-6,18H,7-10,16H2,(H,17,19). The van der Waals surface area contributed by atoms with Crippen LogP contribution in [0.15, 0.2) is 36.4 Å². The lowest BCUT2D eigenvalue weighted by Crippen LogP contribution is -2.28. The molecule has 0 spiro atoms. The summed E-state index contributed by atoms with van der Waals surface area (Å²) in [5.41, 5.74) is 5.56. The van der Waals surface area contributed by atoms with E-state index in [2.05, 4.69) is 5.32 Å². The minimum absolute atomic E-state index is 0.00322. The number of fused-ring (bicyclic) bond motifs is 1. The van der Waals surface area contributed by atoms with E-state index in [0.29, 0.717) is 31.7 Å². The zero-order valence-corrected chi connectivity index (χ0v) is 11.1. The van der Waals surface area contributed by atoms with Gasteiger partial charge in [-0.2, -0.15) is 0 Å². The lowest BCUT2D eigenvalue weighted by atomic mass is 10.0. The van der Waals surface area contributed by atoms with Crippen molar-refractivity contribution in [2.24, 2.45) is 5.73 Å². The number of phenols is 1. The highest BCUT2D eigenvalue weighted by molar-refractivity contribution is 6.03. The van der Waals surface area contributed by atoms with Crippen LogP contribution < -0.4 is 11.1 Å². The van der Waals surface area contributed by atoms with Gasteiger partial charge in [-0.25, -0.2) is 0 Å². The van der Waals surface area contributed by atoms with Crippen LogP contribution in [0, 0.1) is 0 Å². The van der Waals surface area contributed by atoms with E-state index < -0.39 is 0 Å². The van der Waals surface area contributed by atoms with E-state index in [4.69, 9.17) is 10.5 Å². The van der Waals surface area contributed by atoms with E-state index in [0.717, 1.165) is 5.39 Å². The Kier molecular flexibility index (Phi) is 4.92. The fraction of sp³-hybridized carbons (Fsp3) is 0.267. The van der Waals surface area contributed by atoms with Gasteiger partial charge in [-0.05, 0) is 11.5 Å². The summed E-state index contributed by atoms with van der Waals surface area (Å²) in [7, 11) is 0. The number of nitrogens with two attached hydrogens (primary N) is 1. The molecule has 2 aromatic carbocycles. The summed E-state index contributed by atoms with van der Waals surface area (Å²) in [6.07, 6.45) is 0. The summed E-state index contributed by atoms with van der Waals surface area (Å²) < 4.78 is 5.17. The molecule has 0 fully saturated rings.